The summed E-state index contributed by atoms with van der Waals surface area (Å²) < 4.78 is 43.3. The molecule has 9 heteroatoms. The number of carbonyl (C=O) groups is 1. The highest BCUT2D eigenvalue weighted by atomic mass is 19.4. The lowest BCUT2D eigenvalue weighted by Crippen LogP contribution is -2.57. The van der Waals surface area contributed by atoms with E-state index in [1.165, 1.54) is 30.9 Å². The lowest BCUT2D eigenvalue weighted by molar-refractivity contribution is -0.276. The van der Waals surface area contributed by atoms with Crippen molar-refractivity contribution in [2.45, 2.75) is 46.0 Å². The predicted octanol–water partition coefficient (Wildman–Crippen LogP) is 2.72. The van der Waals surface area contributed by atoms with Crippen molar-refractivity contribution in [3.63, 3.8) is 0 Å². The van der Waals surface area contributed by atoms with Crippen molar-refractivity contribution in [1.29, 1.82) is 0 Å². The van der Waals surface area contributed by atoms with E-state index in [2.05, 4.69) is 5.10 Å². The van der Waals surface area contributed by atoms with E-state index in [0.29, 0.717) is 5.56 Å². The van der Waals surface area contributed by atoms with Gasteiger partial charge in [0.05, 0.1) is 18.2 Å². The molecule has 0 aromatic carbocycles. The number of likely N-dealkylation sites (tertiary alicyclic amines) is 1. The maximum absolute atomic E-state index is 14.0. The largest absolute Gasteiger partial charge is 0.465 e. The molecule has 1 fully saturated rings. The average Bonchev–Trinajstić information content (AvgIpc) is 2.92. The molecule has 1 aliphatic rings. The number of aromatic nitrogens is 2. The van der Waals surface area contributed by atoms with E-state index >= 15 is 0 Å². The Morgan fingerprint density at radius 2 is 1.92 bits per heavy atom. The van der Waals surface area contributed by atoms with Crippen LogP contribution in [0.3, 0.4) is 0 Å². The number of piperidine rings is 1. The van der Waals surface area contributed by atoms with Crippen LogP contribution in [0.5, 0.6) is 0 Å². The van der Waals surface area contributed by atoms with Gasteiger partial charge in [-0.05, 0) is 18.3 Å². The van der Waals surface area contributed by atoms with Gasteiger partial charge in [0, 0.05) is 31.4 Å². The topological polar surface area (TPSA) is 78.6 Å². The summed E-state index contributed by atoms with van der Waals surface area (Å²) in [5.41, 5.74) is -2.64. The van der Waals surface area contributed by atoms with Gasteiger partial charge in [0.15, 0.2) is 0 Å². The van der Waals surface area contributed by atoms with Crippen molar-refractivity contribution < 1.29 is 28.2 Å². The second-order valence-corrected chi connectivity index (χ2v) is 6.94. The molecule has 1 aliphatic heterocycles. The normalized spacial score (nSPS) is 18.7. The van der Waals surface area contributed by atoms with E-state index in [4.69, 9.17) is 10.2 Å². The van der Waals surface area contributed by atoms with Gasteiger partial charge < -0.3 is 15.1 Å². The summed E-state index contributed by atoms with van der Waals surface area (Å²) in [7, 11) is 0. The van der Waals surface area contributed by atoms with Crippen molar-refractivity contribution in [3.05, 3.63) is 18.0 Å². The number of carboxylic acid groups (broad SMARTS) is 1. The van der Waals surface area contributed by atoms with Crippen LogP contribution in [-0.2, 0) is 13.2 Å². The molecule has 2 rings (SSSR count). The van der Waals surface area contributed by atoms with Gasteiger partial charge in [-0.25, -0.2) is 4.79 Å². The molecule has 136 valence electrons. The summed E-state index contributed by atoms with van der Waals surface area (Å²) in [6.45, 7) is 2.60. The third kappa shape index (κ3) is 3.22. The Hall–Kier alpha value is -1.77. The Bertz CT molecular complexity index is 590. The first-order valence-corrected chi connectivity index (χ1v) is 7.69. The van der Waals surface area contributed by atoms with E-state index in [1.807, 2.05) is 0 Å². The number of alkyl halides is 3. The summed E-state index contributed by atoms with van der Waals surface area (Å²) in [5.74, 6) is 0. The highest BCUT2D eigenvalue weighted by Gasteiger charge is 2.63. The molecular formula is C15H22F3N3O3. The summed E-state index contributed by atoms with van der Waals surface area (Å²) in [4.78, 5) is 12.0. The number of amides is 1. The van der Waals surface area contributed by atoms with Gasteiger partial charge in [-0.2, -0.15) is 18.3 Å². The van der Waals surface area contributed by atoms with Crippen molar-refractivity contribution in [2.24, 2.45) is 10.8 Å². The minimum atomic E-state index is -4.45. The highest BCUT2D eigenvalue weighted by Crippen LogP contribution is 2.57. The Morgan fingerprint density at radius 3 is 2.33 bits per heavy atom. The van der Waals surface area contributed by atoms with Crippen molar-refractivity contribution >= 4 is 6.09 Å². The number of rotatable bonds is 4. The Labute approximate surface area is 137 Å². The molecule has 0 unspecified atom stereocenters. The number of hydrogen-bond donors (Lipinski definition) is 2. The number of hydrogen-bond acceptors (Lipinski definition) is 3. The minimum Gasteiger partial charge on any atom is -0.465 e. The zero-order valence-electron chi connectivity index (χ0n) is 13.7. The molecule has 2 heterocycles. The quantitative estimate of drug-likeness (QED) is 0.876. The van der Waals surface area contributed by atoms with E-state index < -0.39 is 23.1 Å². The summed E-state index contributed by atoms with van der Waals surface area (Å²) in [6, 6.07) is 0. The molecule has 0 spiro atoms. The van der Waals surface area contributed by atoms with E-state index in [0.717, 1.165) is 4.90 Å². The van der Waals surface area contributed by atoms with Crippen molar-refractivity contribution in [3.8, 4) is 0 Å². The second kappa shape index (κ2) is 6.27. The number of aliphatic hydroxyl groups is 1. The molecule has 1 aromatic heterocycles. The number of nitrogens with zero attached hydrogens (tertiary/aromatic N) is 3. The molecule has 1 saturated heterocycles. The standard InChI is InChI=1S/C15H22F3N3O3/c1-13(2,10-21-8-11(9-22)7-19-21)14(15(16,17)18)3-5-20(6-4-14)12(23)24/h7-8,22H,3-6,9-10H2,1-2H3,(H,23,24). The van der Waals surface area contributed by atoms with E-state index in [1.54, 1.807) is 0 Å². The number of aliphatic hydroxyl groups excluding tert-OH is 1. The first kappa shape index (κ1) is 18.6. The van der Waals surface area contributed by atoms with Gasteiger partial charge in [-0.1, -0.05) is 13.8 Å². The Kier molecular flexibility index (Phi) is 4.85. The zero-order chi connectivity index (χ0) is 18.2. The van der Waals surface area contributed by atoms with Crippen LogP contribution in [0.15, 0.2) is 12.4 Å². The van der Waals surface area contributed by atoms with Crippen LogP contribution in [0.2, 0.25) is 0 Å². The Morgan fingerprint density at radius 1 is 1.33 bits per heavy atom. The Balaban J connectivity index is 2.28. The van der Waals surface area contributed by atoms with Gasteiger partial charge in [0.25, 0.3) is 0 Å². The average molecular weight is 349 g/mol. The van der Waals surface area contributed by atoms with Gasteiger partial charge in [0.1, 0.15) is 0 Å². The molecule has 0 radical (unpaired) electrons. The lowest BCUT2D eigenvalue weighted by Gasteiger charge is -2.51. The fourth-order valence-electron chi connectivity index (χ4n) is 3.55. The predicted molar refractivity (Wildman–Crippen MR) is 79.3 cm³/mol. The van der Waals surface area contributed by atoms with Crippen molar-refractivity contribution in [1.82, 2.24) is 14.7 Å². The van der Waals surface area contributed by atoms with Crippen molar-refractivity contribution in [2.75, 3.05) is 13.1 Å². The van der Waals surface area contributed by atoms with Crippen LogP contribution >= 0.6 is 0 Å². The van der Waals surface area contributed by atoms with E-state index in [9.17, 15) is 18.0 Å². The molecular weight excluding hydrogens is 327 g/mol. The van der Waals surface area contributed by atoms with Gasteiger partial charge in [-0.15, -0.1) is 0 Å². The lowest BCUT2D eigenvalue weighted by atomic mass is 9.59. The van der Waals surface area contributed by atoms with Crippen LogP contribution in [0, 0.1) is 10.8 Å². The molecule has 24 heavy (non-hydrogen) atoms. The van der Waals surface area contributed by atoms with Crippen LogP contribution in [0.4, 0.5) is 18.0 Å². The smallest absolute Gasteiger partial charge is 0.407 e. The van der Waals surface area contributed by atoms with Crippen LogP contribution < -0.4 is 0 Å². The number of halogens is 3. The maximum Gasteiger partial charge on any atom is 0.407 e. The molecule has 0 aliphatic carbocycles. The molecule has 0 atom stereocenters. The fraction of sp³-hybridized carbons (Fsp3) is 0.733. The van der Waals surface area contributed by atoms with Gasteiger partial charge in [0.2, 0.25) is 0 Å². The molecule has 2 N–H and O–H groups in total. The zero-order valence-corrected chi connectivity index (χ0v) is 13.7. The third-order valence-electron chi connectivity index (χ3n) is 5.15. The third-order valence-corrected chi connectivity index (χ3v) is 5.15. The van der Waals surface area contributed by atoms with E-state index in [-0.39, 0.29) is 39.1 Å². The summed E-state index contributed by atoms with van der Waals surface area (Å²) in [6.07, 6.45) is -3.24. The SMILES string of the molecule is CC(C)(Cn1cc(CO)cn1)C1(C(F)(F)F)CCN(C(=O)O)CC1. The maximum atomic E-state index is 14.0. The summed E-state index contributed by atoms with van der Waals surface area (Å²) in [5, 5.41) is 22.1. The first-order chi connectivity index (χ1) is 11.0. The van der Waals surface area contributed by atoms with Gasteiger partial charge >= 0.3 is 12.3 Å². The van der Waals surface area contributed by atoms with Crippen LogP contribution in [0.25, 0.3) is 0 Å². The first-order valence-electron chi connectivity index (χ1n) is 7.69. The minimum absolute atomic E-state index is 0.0274. The summed E-state index contributed by atoms with van der Waals surface area (Å²) >= 11 is 0. The van der Waals surface area contributed by atoms with Crippen LogP contribution in [0.1, 0.15) is 32.3 Å². The molecule has 6 nitrogen and oxygen atoms in total. The highest BCUT2D eigenvalue weighted by molar-refractivity contribution is 5.65. The second-order valence-electron chi connectivity index (χ2n) is 6.94. The molecule has 0 bridgehead atoms. The van der Waals surface area contributed by atoms with Gasteiger partial charge in [-0.3, -0.25) is 4.68 Å². The molecule has 0 saturated carbocycles. The molecule has 1 aromatic rings. The molecule has 1 amide bonds. The fourth-order valence-corrected chi connectivity index (χ4v) is 3.55. The van der Waals surface area contributed by atoms with Crippen LogP contribution in [-0.4, -0.2) is 50.3 Å². The monoisotopic (exact) mass is 349 g/mol.